The summed E-state index contributed by atoms with van der Waals surface area (Å²) >= 11 is 3.21. The van der Waals surface area contributed by atoms with Crippen molar-refractivity contribution in [3.05, 3.63) is 16.5 Å². The maximum atomic E-state index is 12.7. The van der Waals surface area contributed by atoms with Gasteiger partial charge in [0.1, 0.15) is 10.7 Å². The second-order valence-corrected chi connectivity index (χ2v) is 7.77. The highest BCUT2D eigenvalue weighted by Crippen LogP contribution is 2.31. The van der Waals surface area contributed by atoms with E-state index in [9.17, 15) is 8.42 Å². The molecule has 0 aliphatic carbocycles. The van der Waals surface area contributed by atoms with Crippen molar-refractivity contribution in [2.45, 2.75) is 43.9 Å². The highest BCUT2D eigenvalue weighted by molar-refractivity contribution is 9.10. The first-order chi connectivity index (χ1) is 9.87. The van der Waals surface area contributed by atoms with Crippen LogP contribution in [0.2, 0.25) is 0 Å². The number of hydrogen-bond donors (Lipinski definition) is 1. The predicted octanol–water partition coefficient (Wildman–Crippen LogP) is 1.95. The van der Waals surface area contributed by atoms with E-state index in [0.29, 0.717) is 25.3 Å². The summed E-state index contributed by atoms with van der Waals surface area (Å²) in [5, 5.41) is 3.10. The number of hydrogen-bond acceptors (Lipinski definition) is 5. The molecule has 1 aromatic heterocycles. The first kappa shape index (κ1) is 17.0. The second kappa shape index (κ2) is 6.78. The first-order valence-electron chi connectivity index (χ1n) is 6.96. The molecule has 0 amide bonds. The fourth-order valence-corrected chi connectivity index (χ4v) is 4.84. The highest BCUT2D eigenvalue weighted by atomic mass is 79.9. The predicted molar refractivity (Wildman–Crippen MR) is 82.6 cm³/mol. The van der Waals surface area contributed by atoms with Gasteiger partial charge in [0.25, 0.3) is 0 Å². The fraction of sp³-hybridized carbons (Fsp3) is 0.692. The van der Waals surface area contributed by atoms with Crippen LogP contribution >= 0.6 is 15.9 Å². The van der Waals surface area contributed by atoms with Crippen molar-refractivity contribution in [2.24, 2.45) is 0 Å². The van der Waals surface area contributed by atoms with Gasteiger partial charge in [-0.1, -0.05) is 6.92 Å². The number of ether oxygens (including phenoxy) is 1. The van der Waals surface area contributed by atoms with E-state index in [4.69, 9.17) is 9.15 Å². The van der Waals surface area contributed by atoms with E-state index in [2.05, 4.69) is 21.2 Å². The van der Waals surface area contributed by atoms with E-state index in [0.717, 1.165) is 6.54 Å². The van der Waals surface area contributed by atoms with Crippen molar-refractivity contribution in [3.8, 4) is 0 Å². The Morgan fingerprint density at radius 3 is 2.81 bits per heavy atom. The lowest BCUT2D eigenvalue weighted by Crippen LogP contribution is -2.40. The minimum Gasteiger partial charge on any atom is -0.452 e. The standard InChI is InChI=1S/C13H21BrN2O4S/c1-4-15-8-10-7-12(13(14)20-10)21(17,18)16(3)11-5-6-19-9(11)2/h7,9,11,15H,4-6,8H2,1-3H3. The third-order valence-corrected chi connectivity index (χ3v) is 6.46. The fourth-order valence-electron chi connectivity index (χ4n) is 2.44. The summed E-state index contributed by atoms with van der Waals surface area (Å²) < 4.78 is 38.0. The lowest BCUT2D eigenvalue weighted by Gasteiger charge is -2.25. The summed E-state index contributed by atoms with van der Waals surface area (Å²) in [7, 11) is -2.01. The largest absolute Gasteiger partial charge is 0.452 e. The summed E-state index contributed by atoms with van der Waals surface area (Å²) in [4.78, 5) is 0.164. The van der Waals surface area contributed by atoms with Gasteiger partial charge in [0.15, 0.2) is 4.67 Å². The molecule has 6 nitrogen and oxygen atoms in total. The molecular weight excluding hydrogens is 360 g/mol. The zero-order chi connectivity index (χ0) is 15.6. The molecule has 120 valence electrons. The summed E-state index contributed by atoms with van der Waals surface area (Å²) in [6.45, 7) is 5.74. The van der Waals surface area contributed by atoms with Gasteiger partial charge in [-0.2, -0.15) is 4.31 Å². The average Bonchev–Trinajstić information content (AvgIpc) is 3.01. The van der Waals surface area contributed by atoms with Crippen molar-refractivity contribution in [3.63, 3.8) is 0 Å². The number of furan rings is 1. The topological polar surface area (TPSA) is 71.8 Å². The Kier molecular flexibility index (Phi) is 5.48. The SMILES string of the molecule is CCNCc1cc(S(=O)(=O)N(C)C2CCOC2C)c(Br)o1. The van der Waals surface area contributed by atoms with Gasteiger partial charge in [-0.25, -0.2) is 8.42 Å². The van der Waals surface area contributed by atoms with Gasteiger partial charge in [0.2, 0.25) is 10.0 Å². The van der Waals surface area contributed by atoms with E-state index < -0.39 is 10.0 Å². The second-order valence-electron chi connectivity index (χ2n) is 5.08. The number of likely N-dealkylation sites (N-methyl/N-ethyl adjacent to an activating group) is 1. The Morgan fingerprint density at radius 2 is 2.24 bits per heavy atom. The number of halogens is 1. The lowest BCUT2D eigenvalue weighted by molar-refractivity contribution is 0.102. The number of rotatable bonds is 6. The molecule has 0 radical (unpaired) electrons. The van der Waals surface area contributed by atoms with Crippen LogP contribution in [0.1, 0.15) is 26.0 Å². The molecule has 1 aliphatic rings. The molecule has 1 aliphatic heterocycles. The maximum Gasteiger partial charge on any atom is 0.247 e. The van der Waals surface area contributed by atoms with Gasteiger partial charge in [-0.05, 0) is 35.8 Å². The Labute approximate surface area is 134 Å². The zero-order valence-electron chi connectivity index (χ0n) is 12.4. The van der Waals surface area contributed by atoms with Crippen LogP contribution in [0.25, 0.3) is 0 Å². The Balaban J connectivity index is 2.24. The summed E-state index contributed by atoms with van der Waals surface area (Å²) in [6, 6.07) is 1.42. The molecule has 1 aromatic rings. The molecule has 2 rings (SSSR count). The molecule has 2 unspecified atom stereocenters. The summed E-state index contributed by atoms with van der Waals surface area (Å²) in [6.07, 6.45) is 0.605. The highest BCUT2D eigenvalue weighted by Gasteiger charge is 2.37. The van der Waals surface area contributed by atoms with Crippen LogP contribution < -0.4 is 5.32 Å². The first-order valence-corrected chi connectivity index (χ1v) is 9.19. The minimum atomic E-state index is -3.61. The van der Waals surface area contributed by atoms with Crippen molar-refractivity contribution < 1.29 is 17.6 Å². The van der Waals surface area contributed by atoms with Crippen LogP contribution in [0.15, 0.2) is 20.0 Å². The Morgan fingerprint density at radius 1 is 1.52 bits per heavy atom. The van der Waals surface area contributed by atoms with Crippen LogP contribution in [0, 0.1) is 0 Å². The number of nitrogens with zero attached hydrogens (tertiary/aromatic N) is 1. The van der Waals surface area contributed by atoms with Gasteiger partial charge in [-0.3, -0.25) is 0 Å². The molecular formula is C13H21BrN2O4S. The van der Waals surface area contributed by atoms with Crippen LogP contribution in [-0.4, -0.2) is 45.1 Å². The normalized spacial score (nSPS) is 23.1. The molecule has 21 heavy (non-hydrogen) atoms. The number of sulfonamides is 1. The zero-order valence-corrected chi connectivity index (χ0v) is 14.8. The maximum absolute atomic E-state index is 12.7. The van der Waals surface area contributed by atoms with Crippen molar-refractivity contribution in [2.75, 3.05) is 20.2 Å². The molecule has 2 heterocycles. The van der Waals surface area contributed by atoms with Gasteiger partial charge in [0.05, 0.1) is 18.7 Å². The van der Waals surface area contributed by atoms with Crippen LogP contribution in [-0.2, 0) is 21.3 Å². The van der Waals surface area contributed by atoms with Gasteiger partial charge in [0, 0.05) is 19.7 Å². The van der Waals surface area contributed by atoms with E-state index in [1.54, 1.807) is 13.1 Å². The third kappa shape index (κ3) is 3.50. The van der Waals surface area contributed by atoms with Crippen LogP contribution in [0.5, 0.6) is 0 Å². The molecule has 0 saturated carbocycles. The molecule has 1 saturated heterocycles. The average molecular weight is 381 g/mol. The smallest absolute Gasteiger partial charge is 0.247 e. The van der Waals surface area contributed by atoms with Gasteiger partial charge < -0.3 is 14.5 Å². The van der Waals surface area contributed by atoms with Crippen molar-refractivity contribution >= 4 is 26.0 Å². The van der Waals surface area contributed by atoms with E-state index in [1.807, 2.05) is 13.8 Å². The quantitative estimate of drug-likeness (QED) is 0.816. The Hall–Kier alpha value is -0.410. The molecule has 0 bridgehead atoms. The van der Waals surface area contributed by atoms with Crippen molar-refractivity contribution in [1.82, 2.24) is 9.62 Å². The summed E-state index contributed by atoms with van der Waals surface area (Å²) in [5.41, 5.74) is 0. The van der Waals surface area contributed by atoms with E-state index in [-0.39, 0.29) is 21.7 Å². The molecule has 0 aromatic carbocycles. The van der Waals surface area contributed by atoms with Crippen LogP contribution in [0.3, 0.4) is 0 Å². The molecule has 1 fully saturated rings. The lowest BCUT2D eigenvalue weighted by atomic mass is 10.2. The van der Waals surface area contributed by atoms with Gasteiger partial charge in [-0.15, -0.1) is 0 Å². The monoisotopic (exact) mass is 380 g/mol. The molecule has 8 heteroatoms. The third-order valence-electron chi connectivity index (χ3n) is 3.72. The molecule has 2 atom stereocenters. The summed E-state index contributed by atoms with van der Waals surface area (Å²) in [5.74, 6) is 0.589. The molecule has 0 spiro atoms. The van der Waals surface area contributed by atoms with Gasteiger partial charge >= 0.3 is 0 Å². The van der Waals surface area contributed by atoms with Crippen LogP contribution in [0.4, 0.5) is 0 Å². The minimum absolute atomic E-state index is 0.100. The van der Waals surface area contributed by atoms with E-state index in [1.165, 1.54) is 4.31 Å². The van der Waals surface area contributed by atoms with E-state index >= 15 is 0 Å². The Bertz CT molecular complexity index is 587. The number of nitrogens with one attached hydrogen (secondary N) is 1. The molecule has 1 N–H and O–H groups in total. The van der Waals surface area contributed by atoms with Crippen molar-refractivity contribution in [1.29, 1.82) is 0 Å².